The zero-order chi connectivity index (χ0) is 15.4. The highest BCUT2D eigenvalue weighted by Crippen LogP contribution is 2.24. The number of aromatic nitrogens is 3. The van der Waals surface area contributed by atoms with Crippen molar-refractivity contribution in [2.24, 2.45) is 11.8 Å². The van der Waals surface area contributed by atoms with Crippen LogP contribution in [0.2, 0.25) is 0 Å². The molecule has 6 nitrogen and oxygen atoms in total. The Hall–Kier alpha value is -1.37. The van der Waals surface area contributed by atoms with Crippen molar-refractivity contribution >= 4 is 36.4 Å². The maximum atomic E-state index is 12.1. The van der Waals surface area contributed by atoms with Crippen molar-refractivity contribution in [3.05, 3.63) is 30.2 Å². The number of halogens is 2. The standard InChI is InChI=1S/C16H23N5O.2ClH/c1-12(13-5-7-17-8-6-13)10-16(22)18-11-15-20-19-14-4-2-3-9-21(14)15;;/h2-4,9,12-13,17H,5-8,10-11H2,1H3,(H,18,22);2*1H. The monoisotopic (exact) mass is 373 g/mol. The third-order valence-corrected chi connectivity index (χ3v) is 4.52. The molecular weight excluding hydrogens is 349 g/mol. The van der Waals surface area contributed by atoms with E-state index in [1.54, 1.807) is 0 Å². The average molecular weight is 374 g/mol. The van der Waals surface area contributed by atoms with E-state index in [4.69, 9.17) is 0 Å². The van der Waals surface area contributed by atoms with Gasteiger partial charge < -0.3 is 10.6 Å². The Morgan fingerprint density at radius 1 is 1.33 bits per heavy atom. The zero-order valence-corrected chi connectivity index (χ0v) is 15.4. The summed E-state index contributed by atoms with van der Waals surface area (Å²) in [7, 11) is 0. The van der Waals surface area contributed by atoms with E-state index in [1.807, 2.05) is 28.8 Å². The summed E-state index contributed by atoms with van der Waals surface area (Å²) in [5.41, 5.74) is 0.801. The van der Waals surface area contributed by atoms with Crippen LogP contribution in [0.3, 0.4) is 0 Å². The number of hydrogen-bond donors (Lipinski definition) is 2. The number of amides is 1. The van der Waals surface area contributed by atoms with Crippen LogP contribution in [0.1, 0.15) is 32.0 Å². The van der Waals surface area contributed by atoms with E-state index in [0.29, 0.717) is 24.8 Å². The zero-order valence-electron chi connectivity index (χ0n) is 13.8. The molecule has 0 bridgehead atoms. The van der Waals surface area contributed by atoms with E-state index in [2.05, 4.69) is 27.8 Å². The highest BCUT2D eigenvalue weighted by Gasteiger charge is 2.22. The third kappa shape index (κ3) is 5.06. The number of piperidine rings is 1. The lowest BCUT2D eigenvalue weighted by molar-refractivity contribution is -0.122. The molecule has 1 saturated heterocycles. The van der Waals surface area contributed by atoms with E-state index in [9.17, 15) is 4.79 Å². The Kier molecular flexibility index (Phi) is 8.45. The average Bonchev–Trinajstić information content (AvgIpc) is 2.97. The van der Waals surface area contributed by atoms with Gasteiger partial charge in [-0.2, -0.15) is 0 Å². The maximum Gasteiger partial charge on any atom is 0.220 e. The second-order valence-corrected chi connectivity index (χ2v) is 6.09. The van der Waals surface area contributed by atoms with E-state index in [1.165, 1.54) is 12.8 Å². The summed E-state index contributed by atoms with van der Waals surface area (Å²) < 4.78 is 1.90. The Labute approximate surface area is 154 Å². The fourth-order valence-corrected chi connectivity index (χ4v) is 3.13. The van der Waals surface area contributed by atoms with Gasteiger partial charge in [0.15, 0.2) is 11.5 Å². The quantitative estimate of drug-likeness (QED) is 0.842. The van der Waals surface area contributed by atoms with Crippen molar-refractivity contribution in [1.29, 1.82) is 0 Å². The molecule has 3 heterocycles. The number of rotatable bonds is 5. The van der Waals surface area contributed by atoms with Gasteiger partial charge in [-0.15, -0.1) is 35.0 Å². The third-order valence-electron chi connectivity index (χ3n) is 4.52. The minimum absolute atomic E-state index is 0. The molecule has 2 aromatic heterocycles. The Morgan fingerprint density at radius 2 is 2.08 bits per heavy atom. The number of fused-ring (bicyclic) bond motifs is 1. The smallest absolute Gasteiger partial charge is 0.220 e. The van der Waals surface area contributed by atoms with Crippen molar-refractivity contribution in [2.45, 2.75) is 32.7 Å². The minimum Gasteiger partial charge on any atom is -0.349 e. The lowest BCUT2D eigenvalue weighted by Crippen LogP contribution is -2.33. The topological polar surface area (TPSA) is 71.3 Å². The number of nitrogens with zero attached hydrogens (tertiary/aromatic N) is 3. The van der Waals surface area contributed by atoms with E-state index in [0.717, 1.165) is 24.6 Å². The van der Waals surface area contributed by atoms with Gasteiger partial charge in [-0.05, 0) is 49.9 Å². The maximum absolute atomic E-state index is 12.1. The van der Waals surface area contributed by atoms with Crippen LogP contribution in [0, 0.1) is 11.8 Å². The number of pyridine rings is 1. The molecule has 2 aromatic rings. The van der Waals surface area contributed by atoms with Gasteiger partial charge in [-0.3, -0.25) is 9.20 Å². The minimum atomic E-state index is 0. The number of nitrogens with one attached hydrogen (secondary N) is 2. The van der Waals surface area contributed by atoms with Gasteiger partial charge >= 0.3 is 0 Å². The lowest BCUT2D eigenvalue weighted by Gasteiger charge is -2.27. The first kappa shape index (κ1) is 20.7. The van der Waals surface area contributed by atoms with Crippen LogP contribution in [0.15, 0.2) is 24.4 Å². The second kappa shape index (κ2) is 9.81. The predicted molar refractivity (Wildman–Crippen MR) is 98.7 cm³/mol. The molecule has 1 amide bonds. The van der Waals surface area contributed by atoms with Gasteiger partial charge in [0.1, 0.15) is 0 Å². The molecule has 3 rings (SSSR count). The van der Waals surface area contributed by atoms with Gasteiger partial charge in [0, 0.05) is 12.6 Å². The first-order valence-electron chi connectivity index (χ1n) is 8.00. The number of carbonyl (C=O) groups excluding carboxylic acids is 1. The fourth-order valence-electron chi connectivity index (χ4n) is 3.13. The predicted octanol–water partition coefficient (Wildman–Crippen LogP) is 2.21. The number of carbonyl (C=O) groups is 1. The van der Waals surface area contributed by atoms with Crippen LogP contribution in [-0.2, 0) is 11.3 Å². The Morgan fingerprint density at radius 3 is 2.83 bits per heavy atom. The number of hydrogen-bond acceptors (Lipinski definition) is 4. The summed E-state index contributed by atoms with van der Waals surface area (Å²) in [6.45, 7) is 4.75. The molecule has 0 aromatic carbocycles. The molecule has 1 aliphatic rings. The molecule has 134 valence electrons. The van der Waals surface area contributed by atoms with Crippen LogP contribution in [0.4, 0.5) is 0 Å². The highest BCUT2D eigenvalue weighted by atomic mass is 35.5. The molecule has 2 N–H and O–H groups in total. The van der Waals surface area contributed by atoms with Crippen molar-refractivity contribution < 1.29 is 4.79 Å². The molecule has 0 aliphatic carbocycles. The summed E-state index contributed by atoms with van der Waals surface area (Å²) in [6, 6.07) is 5.76. The molecular formula is C16H25Cl2N5O. The molecule has 1 aliphatic heterocycles. The largest absolute Gasteiger partial charge is 0.349 e. The van der Waals surface area contributed by atoms with E-state index < -0.39 is 0 Å². The first-order valence-corrected chi connectivity index (χ1v) is 8.00. The summed E-state index contributed by atoms with van der Waals surface area (Å²) in [5.74, 6) is 1.94. The summed E-state index contributed by atoms with van der Waals surface area (Å²) in [5, 5.41) is 14.5. The molecule has 24 heavy (non-hydrogen) atoms. The Bertz CT molecular complexity index is 642. The first-order chi connectivity index (χ1) is 10.7. The van der Waals surface area contributed by atoms with Gasteiger partial charge in [-0.1, -0.05) is 13.0 Å². The van der Waals surface area contributed by atoms with Gasteiger partial charge in [0.25, 0.3) is 0 Å². The second-order valence-electron chi connectivity index (χ2n) is 6.09. The summed E-state index contributed by atoms with van der Waals surface area (Å²) >= 11 is 0. The van der Waals surface area contributed by atoms with Crippen molar-refractivity contribution in [1.82, 2.24) is 25.2 Å². The van der Waals surface area contributed by atoms with Gasteiger partial charge in [-0.25, -0.2) is 0 Å². The SMILES string of the molecule is CC(CC(=O)NCc1nnc2ccccn12)C1CCNCC1.Cl.Cl. The Balaban J connectivity index is 0.00000144. The summed E-state index contributed by atoms with van der Waals surface area (Å²) in [4.78, 5) is 12.1. The normalized spacial score (nSPS) is 16.0. The van der Waals surface area contributed by atoms with E-state index >= 15 is 0 Å². The summed E-state index contributed by atoms with van der Waals surface area (Å²) in [6.07, 6.45) is 4.84. The van der Waals surface area contributed by atoms with Crippen molar-refractivity contribution in [2.75, 3.05) is 13.1 Å². The molecule has 0 saturated carbocycles. The molecule has 1 unspecified atom stereocenters. The van der Waals surface area contributed by atoms with E-state index in [-0.39, 0.29) is 30.7 Å². The van der Waals surface area contributed by atoms with Crippen molar-refractivity contribution in [3.63, 3.8) is 0 Å². The fraction of sp³-hybridized carbons (Fsp3) is 0.562. The molecule has 8 heteroatoms. The van der Waals surface area contributed by atoms with Crippen LogP contribution in [-0.4, -0.2) is 33.6 Å². The van der Waals surface area contributed by atoms with Crippen LogP contribution in [0.5, 0.6) is 0 Å². The lowest BCUT2D eigenvalue weighted by atomic mass is 9.84. The van der Waals surface area contributed by atoms with Gasteiger partial charge in [0.2, 0.25) is 5.91 Å². The van der Waals surface area contributed by atoms with Gasteiger partial charge in [0.05, 0.1) is 6.54 Å². The highest BCUT2D eigenvalue weighted by molar-refractivity contribution is 5.85. The molecule has 1 atom stereocenters. The van der Waals surface area contributed by atoms with Crippen LogP contribution < -0.4 is 10.6 Å². The molecule has 0 spiro atoms. The van der Waals surface area contributed by atoms with Crippen molar-refractivity contribution in [3.8, 4) is 0 Å². The van der Waals surface area contributed by atoms with Crippen LogP contribution >= 0.6 is 24.8 Å². The molecule has 0 radical (unpaired) electrons. The van der Waals surface area contributed by atoms with Crippen LogP contribution in [0.25, 0.3) is 5.65 Å². The molecule has 1 fully saturated rings.